The first-order valence-corrected chi connectivity index (χ1v) is 7.16. The van der Waals surface area contributed by atoms with E-state index in [1.54, 1.807) is 13.8 Å². The lowest BCUT2D eigenvalue weighted by Crippen LogP contribution is -2.13. The van der Waals surface area contributed by atoms with E-state index < -0.39 is 12.0 Å². The molecule has 0 saturated heterocycles. The summed E-state index contributed by atoms with van der Waals surface area (Å²) in [5, 5.41) is 2.93. The minimum absolute atomic E-state index is 0.138. The molecule has 0 saturated carbocycles. The first kappa shape index (κ1) is 15.0. The van der Waals surface area contributed by atoms with Crippen LogP contribution in [0.15, 0.2) is 15.4 Å². The third kappa shape index (κ3) is 3.79. The van der Waals surface area contributed by atoms with Crippen molar-refractivity contribution in [2.24, 2.45) is 0 Å². The highest BCUT2D eigenvalue weighted by Crippen LogP contribution is 2.32. The molecule has 2 aromatic rings. The lowest BCUT2D eigenvalue weighted by atomic mass is 10.5. The van der Waals surface area contributed by atoms with Crippen LogP contribution in [0.5, 0.6) is 0 Å². The number of rotatable bonds is 4. The molecule has 0 aliphatic carbocycles. The average Bonchev–Trinajstić information content (AvgIpc) is 2.74. The fourth-order valence-corrected chi connectivity index (χ4v) is 2.88. The lowest BCUT2D eigenvalue weighted by molar-refractivity contribution is -0.145. The van der Waals surface area contributed by atoms with Crippen molar-refractivity contribution in [1.82, 2.24) is 19.3 Å². The van der Waals surface area contributed by atoms with Gasteiger partial charge >= 0.3 is 6.18 Å². The van der Waals surface area contributed by atoms with Gasteiger partial charge in [0.1, 0.15) is 16.7 Å². The molecule has 0 aromatic carbocycles. The van der Waals surface area contributed by atoms with Gasteiger partial charge < -0.3 is 5.32 Å². The molecule has 0 bridgehead atoms. The minimum Gasteiger partial charge on any atom is -0.370 e. The Kier molecular flexibility index (Phi) is 4.43. The molecule has 5 nitrogen and oxygen atoms in total. The molecule has 20 heavy (non-hydrogen) atoms. The van der Waals surface area contributed by atoms with Crippen molar-refractivity contribution in [3.63, 3.8) is 0 Å². The lowest BCUT2D eigenvalue weighted by Gasteiger charge is -2.09. The highest BCUT2D eigenvalue weighted by Gasteiger charge is 2.35. The smallest absolute Gasteiger partial charge is 0.370 e. The average molecular weight is 321 g/mol. The van der Waals surface area contributed by atoms with E-state index in [1.165, 1.54) is 6.07 Å². The molecular weight excluding hydrogens is 311 g/mol. The van der Waals surface area contributed by atoms with Crippen LogP contribution in [0.3, 0.4) is 0 Å². The summed E-state index contributed by atoms with van der Waals surface area (Å²) in [5.74, 6) is -0.451. The predicted octanol–water partition coefficient (Wildman–Crippen LogP) is 3.24. The Balaban J connectivity index is 2.33. The maximum absolute atomic E-state index is 12.7. The van der Waals surface area contributed by atoms with Gasteiger partial charge in [0, 0.05) is 12.6 Å². The number of hydrogen-bond acceptors (Lipinski definition) is 7. The molecule has 0 fully saturated rings. The van der Waals surface area contributed by atoms with E-state index in [4.69, 9.17) is 0 Å². The van der Waals surface area contributed by atoms with Crippen molar-refractivity contribution in [3.8, 4) is 0 Å². The van der Waals surface area contributed by atoms with Crippen molar-refractivity contribution in [2.45, 2.75) is 29.4 Å². The molecule has 0 atom stereocenters. The SMILES string of the molecule is CCNc1cc(Sc2nc(C)ns2)nc(C(F)(F)F)n1. The summed E-state index contributed by atoms with van der Waals surface area (Å²) in [5.41, 5.74) is 0. The summed E-state index contributed by atoms with van der Waals surface area (Å²) < 4.78 is 42.7. The van der Waals surface area contributed by atoms with Crippen molar-refractivity contribution >= 4 is 29.1 Å². The van der Waals surface area contributed by atoms with E-state index in [0.717, 1.165) is 23.3 Å². The van der Waals surface area contributed by atoms with Crippen LogP contribution >= 0.6 is 23.3 Å². The Hall–Kier alpha value is -1.42. The van der Waals surface area contributed by atoms with Crippen LogP contribution in [0, 0.1) is 6.92 Å². The maximum atomic E-state index is 12.7. The van der Waals surface area contributed by atoms with Crippen LogP contribution in [0.2, 0.25) is 0 Å². The number of halogens is 3. The molecule has 1 N–H and O–H groups in total. The summed E-state index contributed by atoms with van der Waals surface area (Å²) in [6, 6.07) is 1.46. The summed E-state index contributed by atoms with van der Waals surface area (Å²) in [6.45, 7) is 3.96. The number of aryl methyl sites for hydroxylation is 1. The monoisotopic (exact) mass is 321 g/mol. The topological polar surface area (TPSA) is 63.6 Å². The zero-order valence-corrected chi connectivity index (χ0v) is 12.2. The number of anilines is 1. The van der Waals surface area contributed by atoms with Gasteiger partial charge in [0.05, 0.1) is 0 Å². The summed E-state index contributed by atoms with van der Waals surface area (Å²) >= 11 is 2.15. The Morgan fingerprint density at radius 3 is 2.60 bits per heavy atom. The molecule has 108 valence electrons. The molecule has 0 unspecified atom stereocenters. The second-order valence-electron chi connectivity index (χ2n) is 3.65. The Morgan fingerprint density at radius 2 is 2.05 bits per heavy atom. The summed E-state index contributed by atoms with van der Waals surface area (Å²) in [4.78, 5) is 11.0. The van der Waals surface area contributed by atoms with Gasteiger partial charge in [-0.15, -0.1) is 0 Å². The molecule has 2 aromatic heterocycles. The van der Waals surface area contributed by atoms with Crippen molar-refractivity contribution < 1.29 is 13.2 Å². The standard InChI is InChI=1S/C10H10F3N5S2/c1-3-14-6-4-7(17-8(16-6)10(11,12)13)19-9-15-5(2)18-20-9/h4H,3H2,1-2H3,(H,14,16,17). The van der Waals surface area contributed by atoms with E-state index in [0.29, 0.717) is 16.7 Å². The predicted molar refractivity (Wildman–Crippen MR) is 70.0 cm³/mol. The largest absolute Gasteiger partial charge is 0.451 e. The number of alkyl halides is 3. The van der Waals surface area contributed by atoms with Crippen molar-refractivity contribution in [2.75, 3.05) is 11.9 Å². The zero-order valence-electron chi connectivity index (χ0n) is 10.5. The van der Waals surface area contributed by atoms with E-state index >= 15 is 0 Å². The van der Waals surface area contributed by atoms with E-state index in [9.17, 15) is 13.2 Å². The highest BCUT2D eigenvalue weighted by atomic mass is 32.2. The second-order valence-corrected chi connectivity index (χ2v) is 5.67. The maximum Gasteiger partial charge on any atom is 0.451 e. The summed E-state index contributed by atoms with van der Waals surface area (Å²) in [6.07, 6.45) is -4.59. The second kappa shape index (κ2) is 5.92. The molecule has 2 heterocycles. The molecule has 0 spiro atoms. The summed E-state index contributed by atoms with van der Waals surface area (Å²) in [7, 11) is 0. The normalized spacial score (nSPS) is 11.7. The van der Waals surface area contributed by atoms with Crippen LogP contribution in [0.25, 0.3) is 0 Å². The van der Waals surface area contributed by atoms with Crippen LogP contribution in [-0.4, -0.2) is 25.9 Å². The highest BCUT2D eigenvalue weighted by molar-refractivity contribution is 8.00. The van der Waals surface area contributed by atoms with Crippen LogP contribution in [0.4, 0.5) is 19.0 Å². The third-order valence-electron chi connectivity index (χ3n) is 2.01. The quantitative estimate of drug-likeness (QED) is 0.872. The van der Waals surface area contributed by atoms with Gasteiger partial charge in [-0.05, 0) is 37.1 Å². The number of hydrogen-bond donors (Lipinski definition) is 1. The van der Waals surface area contributed by atoms with Gasteiger partial charge in [-0.25, -0.2) is 15.0 Å². The zero-order chi connectivity index (χ0) is 14.8. The molecule has 0 aliphatic rings. The van der Waals surface area contributed by atoms with Crippen LogP contribution < -0.4 is 5.32 Å². The fourth-order valence-electron chi connectivity index (χ4n) is 1.28. The van der Waals surface area contributed by atoms with Gasteiger partial charge in [0.2, 0.25) is 5.82 Å². The van der Waals surface area contributed by atoms with E-state index in [2.05, 4.69) is 24.6 Å². The molecular formula is C10H10F3N5S2. The number of nitrogens with zero attached hydrogens (tertiary/aromatic N) is 4. The number of aromatic nitrogens is 4. The van der Waals surface area contributed by atoms with Gasteiger partial charge in [0.15, 0.2) is 4.34 Å². The van der Waals surface area contributed by atoms with Crippen molar-refractivity contribution in [3.05, 3.63) is 17.7 Å². The molecule has 0 radical (unpaired) electrons. The Bertz CT molecular complexity index is 599. The van der Waals surface area contributed by atoms with E-state index in [-0.39, 0.29) is 10.8 Å². The molecule has 0 amide bonds. The third-order valence-corrected chi connectivity index (χ3v) is 3.78. The van der Waals surface area contributed by atoms with Gasteiger partial charge in [-0.1, -0.05) is 0 Å². The van der Waals surface area contributed by atoms with Crippen molar-refractivity contribution in [1.29, 1.82) is 0 Å². The molecule has 10 heteroatoms. The van der Waals surface area contributed by atoms with Crippen LogP contribution in [-0.2, 0) is 6.18 Å². The molecule has 2 rings (SSSR count). The molecule has 0 aliphatic heterocycles. The van der Waals surface area contributed by atoms with E-state index in [1.807, 2.05) is 0 Å². The number of nitrogens with one attached hydrogen (secondary N) is 1. The first-order valence-electron chi connectivity index (χ1n) is 5.57. The Morgan fingerprint density at radius 1 is 1.30 bits per heavy atom. The van der Waals surface area contributed by atoms with Gasteiger partial charge in [-0.3, -0.25) is 0 Å². The van der Waals surface area contributed by atoms with Gasteiger partial charge in [-0.2, -0.15) is 17.5 Å². The minimum atomic E-state index is -4.59. The van der Waals surface area contributed by atoms with Crippen LogP contribution in [0.1, 0.15) is 18.6 Å². The fraction of sp³-hybridized carbons (Fsp3) is 0.400. The Labute approximate surface area is 121 Å². The van der Waals surface area contributed by atoms with Gasteiger partial charge in [0.25, 0.3) is 0 Å². The first-order chi connectivity index (χ1) is 9.38.